The van der Waals surface area contributed by atoms with Crippen LogP contribution >= 0.6 is 0 Å². The molecule has 3 rings (SSSR count). The van der Waals surface area contributed by atoms with E-state index in [4.69, 9.17) is 0 Å². The second-order valence-corrected chi connectivity index (χ2v) is 6.84. The van der Waals surface area contributed by atoms with Crippen molar-refractivity contribution in [2.75, 3.05) is 32.7 Å². The number of hydrogen-bond donors (Lipinski definition) is 0. The molecule has 4 heteroatoms. The SMILES string of the molecule is C=CCN1CCN(C(=O)CCC(=O)c2ccc(-c3ccccc3)cc2)CC1. The number of benzene rings is 2. The third-order valence-electron chi connectivity index (χ3n) is 4.99. The molecule has 1 fully saturated rings. The van der Waals surface area contributed by atoms with Gasteiger partial charge in [-0.2, -0.15) is 0 Å². The lowest BCUT2D eigenvalue weighted by atomic mass is 10.0. The number of carbonyl (C=O) groups is 2. The number of rotatable bonds is 7. The molecule has 0 aliphatic carbocycles. The molecule has 0 aromatic heterocycles. The van der Waals surface area contributed by atoms with Crippen LogP contribution < -0.4 is 0 Å². The third-order valence-corrected chi connectivity index (χ3v) is 4.99. The predicted molar refractivity (Wildman–Crippen MR) is 109 cm³/mol. The molecule has 0 unspecified atom stereocenters. The van der Waals surface area contributed by atoms with Crippen molar-refractivity contribution < 1.29 is 9.59 Å². The van der Waals surface area contributed by atoms with Crippen LogP contribution in [-0.2, 0) is 4.79 Å². The van der Waals surface area contributed by atoms with Crippen molar-refractivity contribution in [1.29, 1.82) is 0 Å². The van der Waals surface area contributed by atoms with E-state index in [1.807, 2.05) is 65.6 Å². The summed E-state index contributed by atoms with van der Waals surface area (Å²) in [6.45, 7) is 7.80. The van der Waals surface area contributed by atoms with Gasteiger partial charge in [-0.3, -0.25) is 14.5 Å². The van der Waals surface area contributed by atoms with E-state index in [1.165, 1.54) is 0 Å². The fourth-order valence-electron chi connectivity index (χ4n) is 3.36. The molecule has 4 nitrogen and oxygen atoms in total. The first-order chi connectivity index (χ1) is 13.2. The molecule has 2 aromatic rings. The number of Topliss-reactive ketones (excluding diaryl/α,β-unsaturated/α-hetero) is 1. The van der Waals surface area contributed by atoms with E-state index >= 15 is 0 Å². The number of piperazine rings is 1. The van der Waals surface area contributed by atoms with Crippen LogP contribution in [0.1, 0.15) is 23.2 Å². The molecular weight excluding hydrogens is 336 g/mol. The minimum Gasteiger partial charge on any atom is -0.340 e. The van der Waals surface area contributed by atoms with Crippen LogP contribution in [0.25, 0.3) is 11.1 Å². The summed E-state index contributed by atoms with van der Waals surface area (Å²) < 4.78 is 0. The molecule has 0 saturated carbocycles. The van der Waals surface area contributed by atoms with Crippen LogP contribution in [0.5, 0.6) is 0 Å². The van der Waals surface area contributed by atoms with Crippen LogP contribution in [-0.4, -0.2) is 54.2 Å². The summed E-state index contributed by atoms with van der Waals surface area (Å²) in [6, 6.07) is 17.7. The highest BCUT2D eigenvalue weighted by molar-refractivity contribution is 5.98. The highest BCUT2D eigenvalue weighted by Gasteiger charge is 2.21. The second-order valence-electron chi connectivity index (χ2n) is 6.84. The van der Waals surface area contributed by atoms with E-state index in [-0.39, 0.29) is 24.5 Å². The smallest absolute Gasteiger partial charge is 0.223 e. The first kappa shape index (κ1) is 19.1. The Bertz CT molecular complexity index is 776. The lowest BCUT2D eigenvalue weighted by Crippen LogP contribution is -2.48. The molecule has 0 N–H and O–H groups in total. The van der Waals surface area contributed by atoms with Crippen molar-refractivity contribution in [2.45, 2.75) is 12.8 Å². The molecular formula is C23H26N2O2. The van der Waals surface area contributed by atoms with Gasteiger partial charge in [-0.1, -0.05) is 60.7 Å². The molecule has 2 aromatic carbocycles. The first-order valence-corrected chi connectivity index (χ1v) is 9.47. The van der Waals surface area contributed by atoms with Gasteiger partial charge >= 0.3 is 0 Å². The van der Waals surface area contributed by atoms with E-state index in [0.717, 1.165) is 43.9 Å². The van der Waals surface area contributed by atoms with Gasteiger partial charge in [0, 0.05) is 51.1 Å². The van der Waals surface area contributed by atoms with Crippen LogP contribution in [0.3, 0.4) is 0 Å². The first-order valence-electron chi connectivity index (χ1n) is 9.47. The van der Waals surface area contributed by atoms with Crippen molar-refractivity contribution >= 4 is 11.7 Å². The van der Waals surface area contributed by atoms with Gasteiger partial charge in [0.2, 0.25) is 5.91 Å². The largest absolute Gasteiger partial charge is 0.340 e. The van der Waals surface area contributed by atoms with Gasteiger partial charge in [-0.05, 0) is 11.1 Å². The van der Waals surface area contributed by atoms with Gasteiger partial charge in [-0.15, -0.1) is 6.58 Å². The standard InChI is InChI=1S/C23H26N2O2/c1-2-14-24-15-17-25(18-16-24)23(27)13-12-22(26)21-10-8-20(9-11-21)19-6-4-3-5-7-19/h2-11H,1,12-18H2. The predicted octanol–water partition coefficient (Wildman–Crippen LogP) is 3.65. The lowest BCUT2D eigenvalue weighted by Gasteiger charge is -2.34. The van der Waals surface area contributed by atoms with E-state index in [1.54, 1.807) is 0 Å². The Balaban J connectivity index is 1.49. The molecule has 0 bridgehead atoms. The van der Waals surface area contributed by atoms with E-state index in [9.17, 15) is 9.59 Å². The summed E-state index contributed by atoms with van der Waals surface area (Å²) in [5.41, 5.74) is 2.88. The van der Waals surface area contributed by atoms with Gasteiger partial charge in [-0.25, -0.2) is 0 Å². The van der Waals surface area contributed by atoms with Crippen LogP contribution in [0.2, 0.25) is 0 Å². The van der Waals surface area contributed by atoms with Gasteiger partial charge in [0.25, 0.3) is 0 Å². The van der Waals surface area contributed by atoms with E-state index in [2.05, 4.69) is 11.5 Å². The topological polar surface area (TPSA) is 40.6 Å². The van der Waals surface area contributed by atoms with Gasteiger partial charge in [0.05, 0.1) is 0 Å². The molecule has 1 heterocycles. The van der Waals surface area contributed by atoms with Crippen LogP contribution in [0, 0.1) is 0 Å². The Morgan fingerprint density at radius 1 is 0.852 bits per heavy atom. The summed E-state index contributed by atoms with van der Waals surface area (Å²) in [5.74, 6) is 0.0933. The highest BCUT2D eigenvalue weighted by Crippen LogP contribution is 2.20. The van der Waals surface area contributed by atoms with E-state index < -0.39 is 0 Å². The van der Waals surface area contributed by atoms with Crippen molar-refractivity contribution in [3.63, 3.8) is 0 Å². The second kappa shape index (κ2) is 9.28. The summed E-state index contributed by atoms with van der Waals surface area (Å²) in [7, 11) is 0. The molecule has 0 atom stereocenters. The van der Waals surface area contributed by atoms with E-state index in [0.29, 0.717) is 5.56 Å². The number of hydrogen-bond acceptors (Lipinski definition) is 3. The number of nitrogens with zero attached hydrogens (tertiary/aromatic N) is 2. The lowest BCUT2D eigenvalue weighted by molar-refractivity contribution is -0.132. The molecule has 1 aliphatic heterocycles. The molecule has 1 amide bonds. The fraction of sp³-hybridized carbons (Fsp3) is 0.304. The number of ketones is 1. The van der Waals surface area contributed by atoms with Crippen molar-refractivity contribution in [3.8, 4) is 11.1 Å². The number of amides is 1. The monoisotopic (exact) mass is 362 g/mol. The van der Waals surface area contributed by atoms with Crippen molar-refractivity contribution in [2.24, 2.45) is 0 Å². The van der Waals surface area contributed by atoms with Gasteiger partial charge < -0.3 is 4.90 Å². The Kier molecular flexibility index (Phi) is 6.55. The molecule has 0 spiro atoms. The molecule has 1 saturated heterocycles. The normalized spacial score (nSPS) is 14.7. The zero-order valence-electron chi connectivity index (χ0n) is 15.6. The Morgan fingerprint density at radius 3 is 2.11 bits per heavy atom. The molecule has 0 radical (unpaired) electrons. The minimum absolute atomic E-state index is 0.0215. The summed E-state index contributed by atoms with van der Waals surface area (Å²) >= 11 is 0. The zero-order chi connectivity index (χ0) is 19.1. The number of carbonyl (C=O) groups excluding carboxylic acids is 2. The zero-order valence-corrected chi connectivity index (χ0v) is 15.6. The molecule has 140 valence electrons. The van der Waals surface area contributed by atoms with Crippen molar-refractivity contribution in [1.82, 2.24) is 9.80 Å². The molecule has 1 aliphatic rings. The maximum Gasteiger partial charge on any atom is 0.223 e. The molecule has 27 heavy (non-hydrogen) atoms. The Morgan fingerprint density at radius 2 is 1.48 bits per heavy atom. The van der Waals surface area contributed by atoms with Gasteiger partial charge in [0.15, 0.2) is 5.78 Å². The van der Waals surface area contributed by atoms with Crippen LogP contribution in [0.15, 0.2) is 67.3 Å². The van der Waals surface area contributed by atoms with Crippen molar-refractivity contribution in [3.05, 3.63) is 72.8 Å². The quantitative estimate of drug-likeness (QED) is 0.558. The summed E-state index contributed by atoms with van der Waals surface area (Å²) in [4.78, 5) is 28.9. The van der Waals surface area contributed by atoms with Crippen LogP contribution in [0.4, 0.5) is 0 Å². The highest BCUT2D eigenvalue weighted by atomic mass is 16.2. The maximum atomic E-state index is 12.4. The third kappa shape index (κ3) is 5.14. The summed E-state index contributed by atoms with van der Waals surface area (Å²) in [6.07, 6.45) is 2.43. The Labute approximate surface area is 161 Å². The average Bonchev–Trinajstić information content (AvgIpc) is 2.73. The minimum atomic E-state index is 0.0215. The fourth-order valence-corrected chi connectivity index (χ4v) is 3.36. The van der Waals surface area contributed by atoms with Gasteiger partial charge in [0.1, 0.15) is 0 Å². The maximum absolute atomic E-state index is 12.4. The summed E-state index contributed by atoms with van der Waals surface area (Å²) in [5, 5.41) is 0. The average molecular weight is 362 g/mol. The Hall–Kier alpha value is -2.72.